The summed E-state index contributed by atoms with van der Waals surface area (Å²) in [7, 11) is -3.89. The van der Waals surface area contributed by atoms with E-state index < -0.39 is 16.6 Å². The van der Waals surface area contributed by atoms with Gasteiger partial charge in [0.2, 0.25) is 0 Å². The van der Waals surface area contributed by atoms with Gasteiger partial charge >= 0.3 is 0 Å². The molecule has 0 heterocycles. The highest BCUT2D eigenvalue weighted by molar-refractivity contribution is 6.74. The maximum absolute atomic E-state index is 10.6. The fourth-order valence-electron chi connectivity index (χ4n) is 7.66. The van der Waals surface area contributed by atoms with Gasteiger partial charge in [0.25, 0.3) is 0 Å². The summed E-state index contributed by atoms with van der Waals surface area (Å²) in [6.45, 7) is 30.7. The first kappa shape index (κ1) is 30.5. The van der Waals surface area contributed by atoms with Crippen molar-refractivity contribution in [3.05, 3.63) is 34.9 Å². The van der Waals surface area contributed by atoms with Crippen LogP contribution in [0.3, 0.4) is 0 Å². The number of hydrogen-bond donors (Lipinski definition) is 1. The van der Waals surface area contributed by atoms with E-state index in [0.717, 1.165) is 25.7 Å². The monoisotopic (exact) mass is 558 g/mol. The topological polar surface area (TPSA) is 38.7 Å². The van der Waals surface area contributed by atoms with Crippen molar-refractivity contribution >= 4 is 16.6 Å². The summed E-state index contributed by atoms with van der Waals surface area (Å²) >= 11 is 0. The third kappa shape index (κ3) is 4.84. The van der Waals surface area contributed by atoms with Crippen molar-refractivity contribution in [2.45, 2.75) is 149 Å². The third-order valence-electron chi connectivity index (χ3n) is 12.2. The molecule has 0 radical (unpaired) electrons. The van der Waals surface area contributed by atoms with Crippen LogP contribution in [-0.4, -0.2) is 40.1 Å². The van der Waals surface area contributed by atoms with Gasteiger partial charge in [-0.2, -0.15) is 0 Å². The molecule has 5 heteroatoms. The van der Waals surface area contributed by atoms with E-state index in [1.165, 1.54) is 12.0 Å². The summed E-state index contributed by atoms with van der Waals surface area (Å²) in [5, 5.41) is 11.0. The lowest BCUT2D eigenvalue weighted by atomic mass is 9.49. The molecule has 0 aliphatic heterocycles. The number of hydrogen-bond acceptors (Lipinski definition) is 3. The maximum Gasteiger partial charge on any atom is 0.192 e. The Labute approximate surface area is 236 Å². The highest BCUT2D eigenvalue weighted by atomic mass is 28.4. The lowest BCUT2D eigenvalue weighted by molar-refractivity contribution is -0.0394. The van der Waals surface area contributed by atoms with Gasteiger partial charge in [-0.25, -0.2) is 0 Å². The van der Waals surface area contributed by atoms with Crippen molar-refractivity contribution < 1.29 is 14.0 Å². The van der Waals surface area contributed by atoms with E-state index in [2.05, 4.69) is 99.8 Å². The van der Waals surface area contributed by atoms with Crippen LogP contribution in [0.4, 0.5) is 0 Å². The van der Waals surface area contributed by atoms with E-state index in [4.69, 9.17) is 8.85 Å². The summed E-state index contributed by atoms with van der Waals surface area (Å²) in [6.07, 6.45) is 12.8. The third-order valence-corrected chi connectivity index (χ3v) is 21.2. The molecule has 3 nitrogen and oxygen atoms in total. The van der Waals surface area contributed by atoms with E-state index >= 15 is 0 Å². The van der Waals surface area contributed by atoms with Crippen LogP contribution in [0.2, 0.25) is 36.3 Å². The van der Waals surface area contributed by atoms with Crippen molar-refractivity contribution in [1.82, 2.24) is 0 Å². The zero-order valence-corrected chi connectivity index (χ0v) is 28.9. The molecule has 4 aliphatic rings. The zero-order chi connectivity index (χ0) is 28.7. The Morgan fingerprint density at radius 2 is 1.50 bits per heavy atom. The van der Waals surface area contributed by atoms with Crippen molar-refractivity contribution in [1.29, 1.82) is 0 Å². The van der Waals surface area contributed by atoms with Crippen LogP contribution in [-0.2, 0) is 8.85 Å². The Hall–Kier alpha value is -0.466. The summed E-state index contributed by atoms with van der Waals surface area (Å²) in [4.78, 5) is 0. The lowest BCUT2D eigenvalue weighted by Gasteiger charge is -2.59. The highest BCUT2D eigenvalue weighted by Gasteiger charge is 2.59. The van der Waals surface area contributed by atoms with E-state index in [9.17, 15) is 5.11 Å². The molecular formula is C33H58O3Si2. The maximum atomic E-state index is 10.6. The second-order valence-corrected chi connectivity index (χ2v) is 26.1. The Bertz CT molecular complexity index is 1020. The molecule has 7 atom stereocenters. The fraction of sp³-hybridized carbons (Fsp3) is 0.818. The van der Waals surface area contributed by atoms with Gasteiger partial charge in [0.05, 0.1) is 18.3 Å². The van der Waals surface area contributed by atoms with E-state index in [0.29, 0.717) is 11.8 Å². The fourth-order valence-corrected chi connectivity index (χ4v) is 10.4. The van der Waals surface area contributed by atoms with Crippen LogP contribution in [0, 0.1) is 22.7 Å². The molecule has 0 saturated heterocycles. The van der Waals surface area contributed by atoms with Crippen LogP contribution in [0.15, 0.2) is 34.9 Å². The van der Waals surface area contributed by atoms with Gasteiger partial charge in [-0.1, -0.05) is 84.8 Å². The van der Waals surface area contributed by atoms with E-state index in [1.807, 2.05) is 6.92 Å². The van der Waals surface area contributed by atoms with Gasteiger partial charge in [0, 0.05) is 5.41 Å². The summed E-state index contributed by atoms with van der Waals surface area (Å²) in [5.74, 6) is 1.00. The van der Waals surface area contributed by atoms with Crippen molar-refractivity contribution in [3.8, 4) is 0 Å². The Morgan fingerprint density at radius 1 is 0.921 bits per heavy atom. The molecule has 0 aromatic rings. The molecule has 3 unspecified atom stereocenters. The van der Waals surface area contributed by atoms with Gasteiger partial charge in [-0.15, -0.1) is 0 Å². The van der Waals surface area contributed by atoms with Crippen molar-refractivity contribution in [2.24, 2.45) is 22.7 Å². The molecule has 216 valence electrons. The minimum Gasteiger partial charge on any atom is -0.414 e. The normalized spacial score (nSPS) is 36.9. The van der Waals surface area contributed by atoms with Gasteiger partial charge in [-0.3, -0.25) is 0 Å². The van der Waals surface area contributed by atoms with Crippen molar-refractivity contribution in [2.75, 3.05) is 0 Å². The quantitative estimate of drug-likeness (QED) is 0.270. The van der Waals surface area contributed by atoms with Gasteiger partial charge in [0.15, 0.2) is 16.6 Å². The van der Waals surface area contributed by atoms with Crippen molar-refractivity contribution in [3.63, 3.8) is 0 Å². The predicted octanol–water partition coefficient (Wildman–Crippen LogP) is 9.18. The van der Waals surface area contributed by atoms with Crippen LogP contribution >= 0.6 is 0 Å². The van der Waals surface area contributed by atoms with Crippen LogP contribution in [0.25, 0.3) is 0 Å². The van der Waals surface area contributed by atoms with E-state index in [1.54, 1.807) is 11.1 Å². The standard InChI is InChI=1S/C33H58O3Si2/c1-22(34)26-16-17-27-25-15-14-23-20-24(35-37(10,11)30(2,3)4)21-29(36-38(12,13)31(5,6)7)33(23,9)28(25)18-19-32(26,27)8/h14-16,22,24,27-29,34H,17-21H2,1-13H3/t22?,24-,27?,28?,29+,32-,33+/m1/s1. The Kier molecular flexibility index (Phi) is 7.66. The molecule has 2 saturated carbocycles. The molecule has 38 heavy (non-hydrogen) atoms. The number of rotatable bonds is 5. The molecule has 0 spiro atoms. The largest absolute Gasteiger partial charge is 0.414 e. The zero-order valence-electron chi connectivity index (χ0n) is 26.9. The number of aliphatic hydroxyl groups excluding tert-OH is 1. The molecule has 0 aromatic carbocycles. The molecule has 0 amide bonds. The summed E-state index contributed by atoms with van der Waals surface area (Å²) < 4.78 is 14.6. The van der Waals surface area contributed by atoms with E-state index in [-0.39, 0.29) is 39.2 Å². The summed E-state index contributed by atoms with van der Waals surface area (Å²) in [5.41, 5.74) is 4.51. The Morgan fingerprint density at radius 3 is 2.05 bits per heavy atom. The first-order chi connectivity index (χ1) is 17.1. The summed E-state index contributed by atoms with van der Waals surface area (Å²) in [6, 6.07) is 0. The molecule has 0 bridgehead atoms. The molecule has 4 aliphatic carbocycles. The lowest BCUT2D eigenvalue weighted by Crippen LogP contribution is -2.58. The van der Waals surface area contributed by atoms with Crippen LogP contribution < -0.4 is 0 Å². The van der Waals surface area contributed by atoms with Gasteiger partial charge < -0.3 is 14.0 Å². The minimum atomic E-state index is -2.00. The number of aliphatic hydroxyl groups is 1. The number of allylic oxidation sites excluding steroid dienone is 4. The highest BCUT2D eigenvalue weighted by Crippen LogP contribution is 2.65. The number of fused-ring (bicyclic) bond motifs is 5. The average molecular weight is 559 g/mol. The Balaban J connectivity index is 1.74. The molecule has 1 N–H and O–H groups in total. The molecule has 2 fully saturated rings. The first-order valence-corrected chi connectivity index (χ1v) is 21.1. The molecular weight excluding hydrogens is 501 g/mol. The van der Waals surface area contributed by atoms with Crippen LogP contribution in [0.5, 0.6) is 0 Å². The molecule has 0 aromatic heterocycles. The van der Waals surface area contributed by atoms with Crippen LogP contribution in [0.1, 0.15) is 94.4 Å². The first-order valence-electron chi connectivity index (χ1n) is 15.3. The SMILES string of the molecule is CC(O)C1=CCC2C3=CC=C4C[C@@H](O[Si](C)(C)C(C)(C)C)C[C@H](O[Si](C)(C)C(C)(C)C)[C@]4(C)C3CC[C@]12C. The second-order valence-electron chi connectivity index (χ2n) is 16.6. The minimum absolute atomic E-state index is 0.00179. The van der Waals surface area contributed by atoms with Gasteiger partial charge in [0.1, 0.15) is 0 Å². The molecule has 4 rings (SSSR count). The predicted molar refractivity (Wildman–Crippen MR) is 166 cm³/mol. The van der Waals surface area contributed by atoms with Gasteiger partial charge in [-0.05, 0) is 98.1 Å². The second kappa shape index (κ2) is 9.54. The smallest absolute Gasteiger partial charge is 0.192 e. The average Bonchev–Trinajstić information content (AvgIpc) is 3.10.